The summed E-state index contributed by atoms with van der Waals surface area (Å²) in [6.45, 7) is 0.0954. The van der Waals surface area contributed by atoms with Gasteiger partial charge < -0.3 is 5.11 Å². The Balaban J connectivity index is 2.85. The predicted octanol–water partition coefficient (Wildman–Crippen LogP) is 2.84. The Morgan fingerprint density at radius 3 is 2.85 bits per heavy atom. The third kappa shape index (κ3) is 3.40. The molecule has 13 heavy (non-hydrogen) atoms. The molecule has 0 aliphatic rings. The number of rotatable bonds is 1. The minimum Gasteiger partial charge on any atom is -0.395 e. The highest BCUT2D eigenvalue weighted by molar-refractivity contribution is 9.10. The van der Waals surface area contributed by atoms with Gasteiger partial charge in [0.2, 0.25) is 0 Å². The molecule has 0 aliphatic carbocycles. The van der Waals surface area contributed by atoms with Crippen molar-refractivity contribution >= 4 is 27.5 Å². The van der Waals surface area contributed by atoms with Crippen LogP contribution >= 0.6 is 27.5 Å². The first kappa shape index (κ1) is 10.6. The topological polar surface area (TPSA) is 20.2 Å². The monoisotopic (exact) mass is 258 g/mol. The Labute approximate surface area is 90.9 Å². The Hall–Kier alpha value is -0.490. The maximum Gasteiger partial charge on any atom is 0.0540 e. The third-order valence-electron chi connectivity index (χ3n) is 1.39. The number of benzene rings is 1. The Bertz CT molecular complexity index is 352. The lowest BCUT2D eigenvalue weighted by molar-refractivity contribution is 0.305. The van der Waals surface area contributed by atoms with Gasteiger partial charge in [0.1, 0.15) is 0 Å². The van der Waals surface area contributed by atoms with Crippen LogP contribution in [-0.2, 0) is 0 Å². The molecule has 3 heteroatoms. The Morgan fingerprint density at radius 1 is 1.46 bits per heavy atom. The molecular weight excluding hydrogens is 251 g/mol. The van der Waals surface area contributed by atoms with E-state index in [0.717, 1.165) is 10.0 Å². The molecular formula is C10H8BrClO. The second kappa shape index (κ2) is 5.29. The largest absolute Gasteiger partial charge is 0.395 e. The smallest absolute Gasteiger partial charge is 0.0540 e. The summed E-state index contributed by atoms with van der Waals surface area (Å²) in [6, 6.07) is 5.43. The molecule has 1 nitrogen and oxygen atoms in total. The Kier molecular flexibility index (Phi) is 4.31. The summed E-state index contributed by atoms with van der Waals surface area (Å²) in [4.78, 5) is 0. The molecule has 0 atom stereocenters. The lowest BCUT2D eigenvalue weighted by Crippen LogP contribution is -1.79. The van der Waals surface area contributed by atoms with Gasteiger partial charge in [-0.15, -0.1) is 0 Å². The van der Waals surface area contributed by atoms with E-state index in [0.29, 0.717) is 11.4 Å². The summed E-state index contributed by atoms with van der Waals surface area (Å²) >= 11 is 9.11. The number of aliphatic hydroxyl groups excluding tert-OH is 1. The zero-order chi connectivity index (χ0) is 9.68. The maximum atomic E-state index is 8.52. The third-order valence-corrected chi connectivity index (χ3v) is 2.28. The number of hydrogen-bond donors (Lipinski definition) is 1. The van der Waals surface area contributed by atoms with Gasteiger partial charge in [0.15, 0.2) is 0 Å². The summed E-state index contributed by atoms with van der Waals surface area (Å²) in [7, 11) is 0. The predicted molar refractivity (Wildman–Crippen MR) is 57.7 cm³/mol. The summed E-state index contributed by atoms with van der Waals surface area (Å²) in [5, 5.41) is 9.20. The first-order valence-corrected chi connectivity index (χ1v) is 4.96. The minimum absolute atomic E-state index is 0.0954. The van der Waals surface area contributed by atoms with Crippen LogP contribution < -0.4 is 0 Å². The molecule has 1 N–H and O–H groups in total. The van der Waals surface area contributed by atoms with Gasteiger partial charge >= 0.3 is 0 Å². The average Bonchev–Trinajstić information content (AvgIpc) is 2.09. The van der Waals surface area contributed by atoms with Gasteiger partial charge in [-0.3, -0.25) is 0 Å². The van der Waals surface area contributed by atoms with E-state index in [2.05, 4.69) is 27.8 Å². The van der Waals surface area contributed by atoms with Crippen LogP contribution in [0, 0.1) is 11.8 Å². The quantitative estimate of drug-likeness (QED) is 0.769. The molecule has 0 amide bonds. The SMILES string of the molecule is OCCC#Cc1ccc(Cl)cc1Br. The molecule has 0 heterocycles. The lowest BCUT2D eigenvalue weighted by atomic mass is 10.2. The van der Waals surface area contributed by atoms with Crippen molar-refractivity contribution in [2.75, 3.05) is 6.61 Å². The van der Waals surface area contributed by atoms with Gasteiger partial charge in [0, 0.05) is 21.5 Å². The normalized spacial score (nSPS) is 9.15. The van der Waals surface area contributed by atoms with Crippen LogP contribution in [-0.4, -0.2) is 11.7 Å². The zero-order valence-corrected chi connectivity index (χ0v) is 9.19. The van der Waals surface area contributed by atoms with Crippen LogP contribution in [0.25, 0.3) is 0 Å². The van der Waals surface area contributed by atoms with Gasteiger partial charge in [0.05, 0.1) is 6.61 Å². The molecule has 0 saturated heterocycles. The minimum atomic E-state index is 0.0954. The fraction of sp³-hybridized carbons (Fsp3) is 0.200. The lowest BCUT2D eigenvalue weighted by Gasteiger charge is -1.95. The van der Waals surface area contributed by atoms with Gasteiger partial charge in [0.25, 0.3) is 0 Å². The van der Waals surface area contributed by atoms with E-state index < -0.39 is 0 Å². The fourth-order valence-corrected chi connectivity index (χ4v) is 1.59. The highest BCUT2D eigenvalue weighted by Crippen LogP contribution is 2.20. The van der Waals surface area contributed by atoms with Crippen LogP contribution in [0.3, 0.4) is 0 Å². The standard InChI is InChI=1S/C10H8BrClO/c11-10-7-9(12)5-4-8(10)3-1-2-6-13/h4-5,7,13H,2,6H2. The number of hydrogen-bond acceptors (Lipinski definition) is 1. The molecule has 0 unspecified atom stereocenters. The van der Waals surface area contributed by atoms with Crippen LogP contribution in [0.5, 0.6) is 0 Å². The number of aliphatic hydroxyl groups is 1. The van der Waals surface area contributed by atoms with Crippen molar-refractivity contribution in [2.45, 2.75) is 6.42 Å². The second-order valence-electron chi connectivity index (χ2n) is 2.40. The molecule has 68 valence electrons. The van der Waals surface area contributed by atoms with E-state index in [4.69, 9.17) is 16.7 Å². The molecule has 0 aliphatic heterocycles. The van der Waals surface area contributed by atoms with E-state index in [-0.39, 0.29) is 6.61 Å². The number of halogens is 2. The highest BCUT2D eigenvalue weighted by atomic mass is 79.9. The molecule has 0 saturated carbocycles. The molecule has 1 aromatic carbocycles. The van der Waals surface area contributed by atoms with Crippen molar-refractivity contribution in [2.24, 2.45) is 0 Å². The van der Waals surface area contributed by atoms with E-state index in [1.807, 2.05) is 6.07 Å². The summed E-state index contributed by atoms with van der Waals surface area (Å²) in [6.07, 6.45) is 0.495. The second-order valence-corrected chi connectivity index (χ2v) is 3.69. The van der Waals surface area contributed by atoms with E-state index >= 15 is 0 Å². The van der Waals surface area contributed by atoms with Gasteiger partial charge in [-0.1, -0.05) is 23.4 Å². The van der Waals surface area contributed by atoms with Crippen LogP contribution in [0.1, 0.15) is 12.0 Å². The molecule has 0 aromatic heterocycles. The molecule has 0 fully saturated rings. The van der Waals surface area contributed by atoms with Gasteiger partial charge in [-0.2, -0.15) is 0 Å². The van der Waals surface area contributed by atoms with Crippen molar-refractivity contribution < 1.29 is 5.11 Å². The first-order valence-electron chi connectivity index (χ1n) is 3.79. The van der Waals surface area contributed by atoms with Gasteiger partial charge in [-0.05, 0) is 34.1 Å². The fourth-order valence-electron chi connectivity index (χ4n) is 0.804. The van der Waals surface area contributed by atoms with Crippen LogP contribution in [0.15, 0.2) is 22.7 Å². The molecule has 1 aromatic rings. The summed E-state index contributed by atoms with van der Waals surface area (Å²) in [5.41, 5.74) is 0.887. The molecule has 0 spiro atoms. The van der Waals surface area contributed by atoms with Crippen molar-refractivity contribution in [3.05, 3.63) is 33.3 Å². The van der Waals surface area contributed by atoms with Crippen molar-refractivity contribution in [3.8, 4) is 11.8 Å². The maximum absolute atomic E-state index is 8.52. The Morgan fingerprint density at radius 2 is 2.23 bits per heavy atom. The summed E-state index contributed by atoms with van der Waals surface area (Å²) in [5.74, 6) is 5.76. The van der Waals surface area contributed by atoms with Crippen molar-refractivity contribution in [3.63, 3.8) is 0 Å². The summed E-state index contributed by atoms with van der Waals surface area (Å²) < 4.78 is 0.880. The van der Waals surface area contributed by atoms with E-state index in [1.54, 1.807) is 12.1 Å². The first-order chi connectivity index (χ1) is 6.24. The average molecular weight is 260 g/mol. The van der Waals surface area contributed by atoms with E-state index in [1.165, 1.54) is 0 Å². The van der Waals surface area contributed by atoms with Crippen molar-refractivity contribution in [1.29, 1.82) is 0 Å². The zero-order valence-electron chi connectivity index (χ0n) is 6.85. The molecule has 0 radical (unpaired) electrons. The molecule has 1 rings (SSSR count). The van der Waals surface area contributed by atoms with Crippen LogP contribution in [0.2, 0.25) is 5.02 Å². The van der Waals surface area contributed by atoms with Gasteiger partial charge in [-0.25, -0.2) is 0 Å². The highest BCUT2D eigenvalue weighted by Gasteiger charge is 1.95. The molecule has 0 bridgehead atoms. The van der Waals surface area contributed by atoms with Crippen molar-refractivity contribution in [1.82, 2.24) is 0 Å². The van der Waals surface area contributed by atoms with E-state index in [9.17, 15) is 0 Å². The van der Waals surface area contributed by atoms with Crippen LogP contribution in [0.4, 0.5) is 0 Å².